The Kier molecular flexibility index (Phi) is 11.0. The van der Waals surface area contributed by atoms with E-state index in [1.165, 1.54) is 23.8 Å². The van der Waals surface area contributed by atoms with Crippen molar-refractivity contribution in [1.29, 1.82) is 0 Å². The Hall–Kier alpha value is -4.00. The Morgan fingerprint density at radius 2 is 1.88 bits per heavy atom. The van der Waals surface area contributed by atoms with Crippen molar-refractivity contribution in [3.05, 3.63) is 51.1 Å². The van der Waals surface area contributed by atoms with Crippen molar-refractivity contribution in [3.8, 4) is 0 Å². The molecule has 13 heteroatoms. The van der Waals surface area contributed by atoms with Crippen LogP contribution in [-0.2, 0) is 23.1 Å². The number of aliphatic hydroxyl groups excluding tert-OH is 1. The lowest BCUT2D eigenvalue weighted by atomic mass is 10.0. The highest BCUT2D eigenvalue weighted by molar-refractivity contribution is 5.98. The first-order valence-electron chi connectivity index (χ1n) is 14.4. The average molecular weight is 587 g/mol. The lowest BCUT2D eigenvalue weighted by Gasteiger charge is -2.27. The maximum Gasteiger partial charge on any atom is 0.273 e. The van der Waals surface area contributed by atoms with Crippen LogP contribution >= 0.6 is 0 Å². The number of hydrogen-bond donors (Lipinski definition) is 5. The van der Waals surface area contributed by atoms with Crippen molar-refractivity contribution in [2.75, 3.05) is 6.54 Å². The van der Waals surface area contributed by atoms with E-state index in [0.717, 1.165) is 11.3 Å². The second-order valence-corrected chi connectivity index (χ2v) is 11.2. The van der Waals surface area contributed by atoms with Crippen molar-refractivity contribution in [3.63, 3.8) is 0 Å². The number of oxazole rings is 1. The van der Waals surface area contributed by atoms with Crippen LogP contribution in [0.25, 0.3) is 0 Å². The molecule has 0 saturated carbocycles. The Morgan fingerprint density at radius 1 is 1.17 bits per heavy atom. The summed E-state index contributed by atoms with van der Waals surface area (Å²) in [4.78, 5) is 69.9. The zero-order valence-corrected chi connectivity index (χ0v) is 25.1. The minimum atomic E-state index is -1.36. The SMILES string of the molecule is CCc1c(C)cc(C(=O)N[C@H]2CCCCNC(=O)c3coc(n3)[C@H](CC(C)C)NC(=O)[C@H]([C@@H](C)O)NC2=O)c(=O)n1C. The van der Waals surface area contributed by atoms with Crippen molar-refractivity contribution in [1.82, 2.24) is 30.8 Å². The molecule has 0 aromatic carbocycles. The van der Waals surface area contributed by atoms with Gasteiger partial charge in [-0.3, -0.25) is 24.0 Å². The van der Waals surface area contributed by atoms with Crippen molar-refractivity contribution < 1.29 is 28.7 Å². The Morgan fingerprint density at radius 3 is 2.52 bits per heavy atom. The summed E-state index contributed by atoms with van der Waals surface area (Å²) in [5.74, 6) is -2.33. The number of carbonyl (C=O) groups is 4. The lowest BCUT2D eigenvalue weighted by Crippen LogP contribution is -2.57. The molecule has 0 fully saturated rings. The molecule has 3 heterocycles. The molecule has 2 bridgehead atoms. The number of aliphatic hydroxyl groups is 1. The van der Waals surface area contributed by atoms with E-state index in [9.17, 15) is 29.1 Å². The molecule has 42 heavy (non-hydrogen) atoms. The van der Waals surface area contributed by atoms with Crippen LogP contribution in [0.2, 0.25) is 0 Å². The Labute approximate surface area is 244 Å². The monoisotopic (exact) mass is 586 g/mol. The maximum absolute atomic E-state index is 13.5. The minimum Gasteiger partial charge on any atom is -0.446 e. The molecule has 0 radical (unpaired) electrons. The van der Waals surface area contributed by atoms with E-state index in [2.05, 4.69) is 26.3 Å². The van der Waals surface area contributed by atoms with Crippen LogP contribution in [0.1, 0.15) is 97.4 Å². The number of aryl methyl sites for hydroxylation is 1. The highest BCUT2D eigenvalue weighted by Gasteiger charge is 2.33. The van der Waals surface area contributed by atoms with Gasteiger partial charge in [0.1, 0.15) is 30.0 Å². The molecule has 5 N–H and O–H groups in total. The maximum atomic E-state index is 13.5. The molecule has 230 valence electrons. The van der Waals surface area contributed by atoms with Gasteiger partial charge in [0.2, 0.25) is 17.7 Å². The van der Waals surface area contributed by atoms with Crippen LogP contribution in [0.3, 0.4) is 0 Å². The van der Waals surface area contributed by atoms with Crippen LogP contribution in [0, 0.1) is 12.8 Å². The van der Waals surface area contributed by atoms with Gasteiger partial charge < -0.3 is 35.4 Å². The number of nitrogens with one attached hydrogen (secondary N) is 4. The molecule has 1 aliphatic rings. The van der Waals surface area contributed by atoms with Crippen LogP contribution in [-0.4, -0.2) is 63.0 Å². The van der Waals surface area contributed by atoms with E-state index < -0.39 is 53.4 Å². The highest BCUT2D eigenvalue weighted by Crippen LogP contribution is 2.22. The number of rotatable bonds is 6. The molecule has 13 nitrogen and oxygen atoms in total. The van der Waals surface area contributed by atoms with Crippen LogP contribution in [0.15, 0.2) is 21.5 Å². The summed E-state index contributed by atoms with van der Waals surface area (Å²) >= 11 is 0. The van der Waals surface area contributed by atoms with Gasteiger partial charge in [-0.15, -0.1) is 0 Å². The van der Waals surface area contributed by atoms with Gasteiger partial charge in [-0.1, -0.05) is 20.8 Å². The molecule has 1 aliphatic heterocycles. The highest BCUT2D eigenvalue weighted by atomic mass is 16.3. The number of pyridine rings is 1. The van der Waals surface area contributed by atoms with Crippen molar-refractivity contribution in [2.24, 2.45) is 13.0 Å². The molecule has 0 spiro atoms. The van der Waals surface area contributed by atoms with Gasteiger partial charge in [-0.25, -0.2) is 4.98 Å². The summed E-state index contributed by atoms with van der Waals surface area (Å²) < 4.78 is 6.94. The van der Waals surface area contributed by atoms with Gasteiger partial charge in [0.15, 0.2) is 5.69 Å². The number of hydrogen-bond acceptors (Lipinski definition) is 8. The van der Waals surface area contributed by atoms with E-state index in [0.29, 0.717) is 25.7 Å². The van der Waals surface area contributed by atoms with E-state index in [-0.39, 0.29) is 36.0 Å². The van der Waals surface area contributed by atoms with Gasteiger partial charge >= 0.3 is 0 Å². The molecular weight excluding hydrogens is 544 g/mol. The normalized spacial score (nSPS) is 21.3. The molecule has 0 unspecified atom stereocenters. The fourth-order valence-corrected chi connectivity index (χ4v) is 5.04. The summed E-state index contributed by atoms with van der Waals surface area (Å²) in [7, 11) is 1.59. The minimum absolute atomic E-state index is 0.0663. The van der Waals surface area contributed by atoms with E-state index in [1.807, 2.05) is 20.8 Å². The molecular formula is C29H42N6O7. The number of carbonyl (C=O) groups excluding carboxylic acids is 4. The quantitative estimate of drug-likeness (QED) is 0.332. The third kappa shape index (κ3) is 7.84. The summed E-state index contributed by atoms with van der Waals surface area (Å²) in [6.45, 7) is 9.24. The smallest absolute Gasteiger partial charge is 0.273 e. The zero-order valence-electron chi connectivity index (χ0n) is 25.1. The van der Waals surface area contributed by atoms with Gasteiger partial charge in [0.25, 0.3) is 17.4 Å². The fraction of sp³-hybridized carbons (Fsp3) is 0.586. The average Bonchev–Trinajstić information content (AvgIpc) is 3.42. The van der Waals surface area contributed by atoms with Crippen LogP contribution < -0.4 is 26.8 Å². The van der Waals surface area contributed by atoms with Gasteiger partial charge in [-0.2, -0.15) is 0 Å². The Bertz CT molecular complexity index is 1360. The number of fused-ring (bicyclic) bond motifs is 2. The predicted octanol–water partition coefficient (Wildman–Crippen LogP) is 1.03. The van der Waals surface area contributed by atoms with Crippen LogP contribution in [0.5, 0.6) is 0 Å². The second-order valence-electron chi connectivity index (χ2n) is 11.2. The molecule has 0 saturated heterocycles. The molecule has 4 amide bonds. The molecule has 0 aliphatic carbocycles. The van der Waals surface area contributed by atoms with Gasteiger partial charge in [0, 0.05) is 19.3 Å². The number of amides is 4. The van der Waals surface area contributed by atoms with E-state index in [1.54, 1.807) is 14.0 Å². The third-order valence-electron chi connectivity index (χ3n) is 7.30. The second kappa shape index (κ2) is 14.3. The van der Waals surface area contributed by atoms with Gasteiger partial charge in [0.05, 0.1) is 6.10 Å². The topological polar surface area (TPSA) is 185 Å². The zero-order chi connectivity index (χ0) is 31.1. The predicted molar refractivity (Wildman–Crippen MR) is 154 cm³/mol. The summed E-state index contributed by atoms with van der Waals surface area (Å²) in [5.41, 5.74) is 1.03. The van der Waals surface area contributed by atoms with E-state index >= 15 is 0 Å². The van der Waals surface area contributed by atoms with E-state index in [4.69, 9.17) is 4.42 Å². The largest absolute Gasteiger partial charge is 0.446 e. The molecule has 2 aromatic heterocycles. The summed E-state index contributed by atoms with van der Waals surface area (Å²) in [6.07, 6.45) is 2.00. The van der Waals surface area contributed by atoms with Crippen molar-refractivity contribution >= 4 is 23.6 Å². The van der Waals surface area contributed by atoms with Gasteiger partial charge in [-0.05, 0) is 63.5 Å². The van der Waals surface area contributed by atoms with Crippen molar-refractivity contribution in [2.45, 2.75) is 91.0 Å². The number of aromatic nitrogens is 2. The standard InChI is InChI=1S/C29H42N6O7/c1-7-22-16(4)13-18(29(41)35(22)6)24(37)31-19-10-8-9-11-30-25(38)21-14-42-28(33-21)20(12-15(2)3)32-27(40)23(17(5)36)34-26(19)39/h13-15,17,19-20,23,36H,7-12H2,1-6H3,(H,30,38)(H,31,37)(H,32,40)(H,34,39)/t17-,19+,20+,23+/m1/s1. The first-order chi connectivity index (χ1) is 19.8. The third-order valence-corrected chi connectivity index (χ3v) is 7.30. The molecule has 2 aromatic rings. The molecule has 3 rings (SSSR count). The first-order valence-corrected chi connectivity index (χ1v) is 14.4. The summed E-state index contributed by atoms with van der Waals surface area (Å²) in [5, 5.41) is 21.2. The lowest BCUT2D eigenvalue weighted by molar-refractivity contribution is -0.133. The first kappa shape index (κ1) is 32.5. The Balaban J connectivity index is 1.91. The van der Waals surface area contributed by atoms with Crippen LogP contribution in [0.4, 0.5) is 0 Å². The summed E-state index contributed by atoms with van der Waals surface area (Å²) in [6, 6.07) is -1.71. The molecule has 4 atom stereocenters. The number of nitrogens with zero attached hydrogens (tertiary/aromatic N) is 2. The fourth-order valence-electron chi connectivity index (χ4n) is 5.04.